The van der Waals surface area contributed by atoms with E-state index in [9.17, 15) is 4.39 Å². The van der Waals surface area contributed by atoms with Crippen LogP contribution in [0.25, 0.3) is 0 Å². The zero-order chi connectivity index (χ0) is 12.1. The normalized spacial score (nSPS) is 10.2. The van der Waals surface area contributed by atoms with Crippen LogP contribution >= 0.6 is 0 Å². The minimum absolute atomic E-state index is 0.220. The molecule has 0 aliphatic carbocycles. The van der Waals surface area contributed by atoms with Gasteiger partial charge in [-0.05, 0) is 42.3 Å². The van der Waals surface area contributed by atoms with Crippen LogP contribution in [0, 0.1) is 5.82 Å². The predicted octanol–water partition coefficient (Wildman–Crippen LogP) is 3.06. The van der Waals surface area contributed by atoms with Gasteiger partial charge in [-0.3, -0.25) is 0 Å². The first-order valence-electron chi connectivity index (χ1n) is 5.58. The Morgan fingerprint density at radius 3 is 2.41 bits per heavy atom. The molecular weight excluding hydrogens is 215 g/mol. The van der Waals surface area contributed by atoms with Gasteiger partial charge in [0.05, 0.1) is 0 Å². The molecule has 0 aliphatic heterocycles. The lowest BCUT2D eigenvalue weighted by Crippen LogP contribution is -2.06. The molecule has 2 aromatic rings. The number of rotatable bonds is 4. The largest absolute Gasteiger partial charge is 0.399 e. The van der Waals surface area contributed by atoms with Crippen molar-refractivity contribution in [3.63, 3.8) is 0 Å². The molecule has 2 aromatic carbocycles. The summed E-state index contributed by atoms with van der Waals surface area (Å²) in [7, 11) is 0. The summed E-state index contributed by atoms with van der Waals surface area (Å²) in [5.74, 6) is -0.220. The highest BCUT2D eigenvalue weighted by molar-refractivity contribution is 5.47. The number of hydrogen-bond donors (Lipinski definition) is 2. The van der Waals surface area contributed by atoms with Crippen LogP contribution in [-0.4, -0.2) is 6.54 Å². The number of nitrogens with one attached hydrogen (secondary N) is 1. The SMILES string of the molecule is Nc1ccccc1CCNc1ccc(F)cc1. The summed E-state index contributed by atoms with van der Waals surface area (Å²) in [6.45, 7) is 0.778. The van der Waals surface area contributed by atoms with Gasteiger partial charge in [0.1, 0.15) is 5.82 Å². The molecule has 0 saturated carbocycles. The van der Waals surface area contributed by atoms with Gasteiger partial charge in [-0.25, -0.2) is 4.39 Å². The minimum atomic E-state index is -0.220. The molecule has 3 N–H and O–H groups in total. The Morgan fingerprint density at radius 2 is 1.71 bits per heavy atom. The molecule has 0 atom stereocenters. The van der Waals surface area contributed by atoms with E-state index in [1.54, 1.807) is 12.1 Å². The molecule has 0 aromatic heterocycles. The molecule has 0 fully saturated rings. The topological polar surface area (TPSA) is 38.0 Å². The van der Waals surface area contributed by atoms with Crippen molar-refractivity contribution in [1.82, 2.24) is 0 Å². The Kier molecular flexibility index (Phi) is 3.60. The van der Waals surface area contributed by atoms with Crippen LogP contribution in [0.5, 0.6) is 0 Å². The van der Waals surface area contributed by atoms with Gasteiger partial charge in [0.25, 0.3) is 0 Å². The summed E-state index contributed by atoms with van der Waals surface area (Å²) >= 11 is 0. The van der Waals surface area contributed by atoms with Crippen molar-refractivity contribution in [2.45, 2.75) is 6.42 Å². The molecule has 0 amide bonds. The highest BCUT2D eigenvalue weighted by atomic mass is 19.1. The van der Waals surface area contributed by atoms with E-state index in [0.29, 0.717) is 0 Å². The van der Waals surface area contributed by atoms with Crippen LogP contribution in [0.15, 0.2) is 48.5 Å². The van der Waals surface area contributed by atoms with E-state index in [4.69, 9.17) is 5.73 Å². The third-order valence-corrected chi connectivity index (χ3v) is 2.62. The lowest BCUT2D eigenvalue weighted by atomic mass is 10.1. The van der Waals surface area contributed by atoms with Crippen molar-refractivity contribution in [1.29, 1.82) is 0 Å². The third-order valence-electron chi connectivity index (χ3n) is 2.62. The molecule has 0 aliphatic rings. The van der Waals surface area contributed by atoms with Crippen LogP contribution in [-0.2, 0) is 6.42 Å². The Balaban J connectivity index is 1.88. The molecule has 88 valence electrons. The number of anilines is 2. The molecule has 0 radical (unpaired) electrons. The Hall–Kier alpha value is -2.03. The van der Waals surface area contributed by atoms with Crippen LogP contribution in [0.1, 0.15) is 5.56 Å². The van der Waals surface area contributed by atoms with E-state index in [-0.39, 0.29) is 5.82 Å². The van der Waals surface area contributed by atoms with E-state index in [2.05, 4.69) is 5.32 Å². The number of nitrogens with two attached hydrogens (primary N) is 1. The zero-order valence-corrected chi connectivity index (χ0v) is 9.49. The van der Waals surface area contributed by atoms with E-state index >= 15 is 0 Å². The van der Waals surface area contributed by atoms with E-state index in [0.717, 1.165) is 29.9 Å². The molecule has 0 unspecified atom stereocenters. The zero-order valence-electron chi connectivity index (χ0n) is 9.49. The monoisotopic (exact) mass is 230 g/mol. The Labute approximate surface area is 100 Å². The maximum atomic E-state index is 12.7. The van der Waals surface area contributed by atoms with Crippen molar-refractivity contribution in [2.75, 3.05) is 17.6 Å². The molecule has 2 rings (SSSR count). The quantitative estimate of drug-likeness (QED) is 0.792. The van der Waals surface area contributed by atoms with Gasteiger partial charge in [-0.2, -0.15) is 0 Å². The van der Waals surface area contributed by atoms with Crippen molar-refractivity contribution in [3.8, 4) is 0 Å². The number of benzene rings is 2. The third kappa shape index (κ3) is 3.21. The maximum absolute atomic E-state index is 12.7. The van der Waals surface area contributed by atoms with E-state index in [1.165, 1.54) is 12.1 Å². The fourth-order valence-electron chi connectivity index (χ4n) is 1.67. The smallest absolute Gasteiger partial charge is 0.123 e. The highest BCUT2D eigenvalue weighted by Crippen LogP contribution is 2.12. The van der Waals surface area contributed by atoms with Crippen LogP contribution in [0.2, 0.25) is 0 Å². The van der Waals surface area contributed by atoms with Gasteiger partial charge in [-0.1, -0.05) is 18.2 Å². The summed E-state index contributed by atoms with van der Waals surface area (Å²) < 4.78 is 12.7. The Morgan fingerprint density at radius 1 is 1.00 bits per heavy atom. The average molecular weight is 230 g/mol. The van der Waals surface area contributed by atoms with Gasteiger partial charge in [0.2, 0.25) is 0 Å². The first-order valence-corrected chi connectivity index (χ1v) is 5.58. The number of para-hydroxylation sites is 1. The van der Waals surface area contributed by atoms with Crippen molar-refractivity contribution in [2.24, 2.45) is 0 Å². The van der Waals surface area contributed by atoms with Gasteiger partial charge in [0, 0.05) is 17.9 Å². The van der Waals surface area contributed by atoms with Gasteiger partial charge in [-0.15, -0.1) is 0 Å². The van der Waals surface area contributed by atoms with Gasteiger partial charge in [0.15, 0.2) is 0 Å². The van der Waals surface area contributed by atoms with Gasteiger partial charge >= 0.3 is 0 Å². The first kappa shape index (κ1) is 11.5. The average Bonchev–Trinajstić information content (AvgIpc) is 2.34. The molecule has 0 saturated heterocycles. The summed E-state index contributed by atoms with van der Waals surface area (Å²) in [4.78, 5) is 0. The molecule has 0 heterocycles. The molecule has 17 heavy (non-hydrogen) atoms. The molecule has 0 spiro atoms. The standard InChI is InChI=1S/C14H15FN2/c15-12-5-7-13(8-6-12)17-10-9-11-3-1-2-4-14(11)16/h1-8,17H,9-10,16H2. The lowest BCUT2D eigenvalue weighted by molar-refractivity contribution is 0.628. The van der Waals surface area contributed by atoms with E-state index < -0.39 is 0 Å². The predicted molar refractivity (Wildman–Crippen MR) is 69.4 cm³/mol. The molecule has 0 bridgehead atoms. The fourth-order valence-corrected chi connectivity index (χ4v) is 1.67. The number of nitrogen functional groups attached to an aromatic ring is 1. The highest BCUT2D eigenvalue weighted by Gasteiger charge is 1.97. The summed E-state index contributed by atoms with van der Waals surface area (Å²) in [6.07, 6.45) is 0.851. The Bertz CT molecular complexity index is 480. The number of halogens is 1. The van der Waals surface area contributed by atoms with Crippen LogP contribution in [0.3, 0.4) is 0 Å². The van der Waals surface area contributed by atoms with E-state index in [1.807, 2.05) is 24.3 Å². The second-order valence-corrected chi connectivity index (χ2v) is 3.88. The summed E-state index contributed by atoms with van der Waals surface area (Å²) in [5.41, 5.74) is 8.70. The summed E-state index contributed by atoms with van der Waals surface area (Å²) in [5, 5.41) is 3.23. The van der Waals surface area contributed by atoms with Crippen molar-refractivity contribution in [3.05, 3.63) is 59.9 Å². The van der Waals surface area contributed by atoms with Crippen LogP contribution < -0.4 is 11.1 Å². The first-order chi connectivity index (χ1) is 8.25. The van der Waals surface area contributed by atoms with Gasteiger partial charge < -0.3 is 11.1 Å². The second-order valence-electron chi connectivity index (χ2n) is 3.88. The molecular formula is C14H15FN2. The number of hydrogen-bond acceptors (Lipinski definition) is 2. The fraction of sp³-hybridized carbons (Fsp3) is 0.143. The van der Waals surface area contributed by atoms with Crippen LogP contribution in [0.4, 0.5) is 15.8 Å². The van der Waals surface area contributed by atoms with Crippen molar-refractivity contribution >= 4 is 11.4 Å². The summed E-state index contributed by atoms with van der Waals surface area (Å²) in [6, 6.07) is 14.1. The second kappa shape index (κ2) is 5.34. The lowest BCUT2D eigenvalue weighted by Gasteiger charge is -2.08. The molecule has 2 nitrogen and oxygen atoms in total. The minimum Gasteiger partial charge on any atom is -0.399 e. The van der Waals surface area contributed by atoms with Crippen molar-refractivity contribution < 1.29 is 4.39 Å². The molecule has 3 heteroatoms. The maximum Gasteiger partial charge on any atom is 0.123 e.